The van der Waals surface area contributed by atoms with Crippen LogP contribution < -0.4 is 0 Å². The van der Waals surface area contributed by atoms with Gasteiger partial charge in [-0.1, -0.05) is 79.5 Å². The first-order valence-electron chi connectivity index (χ1n) is 9.69. The van der Waals surface area contributed by atoms with Gasteiger partial charge in [0.1, 0.15) is 5.82 Å². The molecule has 0 spiro atoms. The van der Waals surface area contributed by atoms with Gasteiger partial charge in [0, 0.05) is 22.2 Å². The Bertz CT molecular complexity index is 1150. The van der Waals surface area contributed by atoms with Crippen LogP contribution in [0.15, 0.2) is 66.7 Å². The molecule has 1 heterocycles. The minimum Gasteiger partial charge on any atom is -0.320 e. The number of para-hydroxylation sites is 2. The van der Waals surface area contributed by atoms with Gasteiger partial charge < -0.3 is 4.57 Å². The van der Waals surface area contributed by atoms with Gasteiger partial charge in [-0.3, -0.25) is 0 Å². The topological polar surface area (TPSA) is 17.8 Å². The predicted octanol–water partition coefficient (Wildman–Crippen LogP) is 7.69. The summed E-state index contributed by atoms with van der Waals surface area (Å²) in [7, 11) is 0. The largest absolute Gasteiger partial charge is 0.320 e. The maximum Gasteiger partial charge on any atom is 0.134 e. The van der Waals surface area contributed by atoms with Gasteiger partial charge >= 0.3 is 0 Å². The molecular weight excluding hydrogens is 399 g/mol. The number of hydrogen-bond acceptors (Lipinski definition) is 1. The second-order valence-corrected chi connectivity index (χ2v) is 8.22. The van der Waals surface area contributed by atoms with E-state index in [1.807, 2.05) is 48.6 Å². The molecule has 0 N–H and O–H groups in total. The van der Waals surface area contributed by atoms with Crippen molar-refractivity contribution in [1.29, 1.82) is 0 Å². The zero-order valence-corrected chi connectivity index (χ0v) is 18.0. The molecule has 29 heavy (non-hydrogen) atoms. The van der Waals surface area contributed by atoms with E-state index in [0.717, 1.165) is 29.0 Å². The number of aromatic nitrogens is 2. The van der Waals surface area contributed by atoms with Crippen LogP contribution in [0.1, 0.15) is 42.3 Å². The van der Waals surface area contributed by atoms with Crippen molar-refractivity contribution in [3.05, 3.63) is 99.3 Å². The van der Waals surface area contributed by atoms with Crippen molar-refractivity contribution in [3.8, 4) is 0 Å². The Morgan fingerprint density at radius 2 is 1.55 bits per heavy atom. The summed E-state index contributed by atoms with van der Waals surface area (Å²) in [6, 6.07) is 22.5. The molecule has 4 heteroatoms. The van der Waals surface area contributed by atoms with Crippen molar-refractivity contribution < 1.29 is 0 Å². The highest BCUT2D eigenvalue weighted by Crippen LogP contribution is 2.27. The summed E-state index contributed by atoms with van der Waals surface area (Å²) in [5.41, 5.74) is 5.46. The van der Waals surface area contributed by atoms with Gasteiger partial charge in [0.15, 0.2) is 0 Å². The van der Waals surface area contributed by atoms with Crippen molar-refractivity contribution in [2.24, 2.45) is 0 Å². The Labute approximate surface area is 181 Å². The number of benzene rings is 3. The molecule has 3 aromatic carbocycles. The lowest BCUT2D eigenvalue weighted by molar-refractivity contribution is 0.809. The van der Waals surface area contributed by atoms with E-state index in [1.165, 1.54) is 11.1 Å². The van der Waals surface area contributed by atoms with Crippen molar-refractivity contribution in [2.75, 3.05) is 0 Å². The monoisotopic (exact) mass is 420 g/mol. The fourth-order valence-electron chi connectivity index (χ4n) is 3.41. The number of imidazole rings is 1. The van der Waals surface area contributed by atoms with Crippen LogP contribution in [-0.2, 0) is 6.54 Å². The first-order valence-corrected chi connectivity index (χ1v) is 10.4. The first kappa shape index (κ1) is 19.8. The summed E-state index contributed by atoms with van der Waals surface area (Å²) in [5.74, 6) is 1.40. The quantitative estimate of drug-likeness (QED) is 0.323. The minimum atomic E-state index is 0.525. The highest BCUT2D eigenvalue weighted by molar-refractivity contribution is 6.37. The third-order valence-electron chi connectivity index (χ3n) is 5.07. The molecule has 0 aliphatic carbocycles. The van der Waals surface area contributed by atoms with E-state index in [2.05, 4.69) is 48.7 Å². The van der Waals surface area contributed by atoms with E-state index in [4.69, 9.17) is 28.2 Å². The zero-order chi connectivity index (χ0) is 20.4. The molecule has 0 saturated carbocycles. The van der Waals surface area contributed by atoms with Crippen molar-refractivity contribution in [2.45, 2.75) is 26.3 Å². The molecule has 0 atom stereocenters. The standard InChI is InChI=1S/C25H22Cl2N2/c1-17(2)19-12-10-18(11-13-19)16-29-24-9-4-3-8-23(24)28-25(29)15-14-20-21(26)6-5-7-22(20)27/h3-15,17H,16H2,1-2H3/b15-14+. The maximum absolute atomic E-state index is 6.32. The summed E-state index contributed by atoms with van der Waals surface area (Å²) in [5, 5.41) is 1.25. The number of hydrogen-bond donors (Lipinski definition) is 0. The van der Waals surface area contributed by atoms with Crippen LogP contribution in [-0.4, -0.2) is 9.55 Å². The van der Waals surface area contributed by atoms with Crippen LogP contribution >= 0.6 is 23.2 Å². The van der Waals surface area contributed by atoms with E-state index >= 15 is 0 Å². The average Bonchev–Trinajstić information content (AvgIpc) is 3.05. The molecule has 0 radical (unpaired) electrons. The molecule has 0 saturated heterocycles. The Kier molecular flexibility index (Phi) is 5.75. The number of nitrogens with zero attached hydrogens (tertiary/aromatic N) is 2. The van der Waals surface area contributed by atoms with Gasteiger partial charge in [0.25, 0.3) is 0 Å². The van der Waals surface area contributed by atoms with Crippen LogP contribution in [0.25, 0.3) is 23.2 Å². The summed E-state index contributed by atoms with van der Waals surface area (Å²) < 4.78 is 2.22. The predicted molar refractivity (Wildman–Crippen MR) is 125 cm³/mol. The van der Waals surface area contributed by atoms with Gasteiger partial charge in [-0.15, -0.1) is 0 Å². The smallest absolute Gasteiger partial charge is 0.134 e. The summed E-state index contributed by atoms with van der Waals surface area (Å²) in [6.45, 7) is 5.16. The third-order valence-corrected chi connectivity index (χ3v) is 5.73. The molecule has 0 fully saturated rings. The number of halogens is 2. The second-order valence-electron chi connectivity index (χ2n) is 7.41. The second kappa shape index (κ2) is 8.44. The molecule has 146 valence electrons. The Hall–Kier alpha value is -2.55. The third kappa shape index (κ3) is 4.24. The lowest BCUT2D eigenvalue weighted by atomic mass is 10.0. The van der Waals surface area contributed by atoms with E-state index in [0.29, 0.717) is 16.0 Å². The van der Waals surface area contributed by atoms with Crippen LogP contribution in [0, 0.1) is 0 Å². The van der Waals surface area contributed by atoms with Crippen LogP contribution in [0.4, 0.5) is 0 Å². The SMILES string of the molecule is CC(C)c1ccc(Cn2c(/C=C/c3c(Cl)cccc3Cl)nc3ccccc32)cc1. The van der Waals surface area contributed by atoms with E-state index in [9.17, 15) is 0 Å². The Balaban J connectivity index is 1.74. The number of fused-ring (bicyclic) bond motifs is 1. The van der Waals surface area contributed by atoms with E-state index in [1.54, 1.807) is 0 Å². The molecule has 4 aromatic rings. The van der Waals surface area contributed by atoms with Crippen molar-refractivity contribution >= 4 is 46.4 Å². The van der Waals surface area contributed by atoms with Gasteiger partial charge in [-0.25, -0.2) is 4.98 Å². The molecule has 0 amide bonds. The van der Waals surface area contributed by atoms with E-state index < -0.39 is 0 Å². The molecular formula is C25H22Cl2N2. The van der Waals surface area contributed by atoms with Gasteiger partial charge in [0.2, 0.25) is 0 Å². The van der Waals surface area contributed by atoms with Crippen molar-refractivity contribution in [3.63, 3.8) is 0 Å². The fourth-order valence-corrected chi connectivity index (χ4v) is 3.93. The van der Waals surface area contributed by atoms with Gasteiger partial charge in [-0.05, 0) is 53.5 Å². The molecule has 0 aliphatic rings. The number of rotatable bonds is 5. The molecule has 4 rings (SSSR count). The van der Waals surface area contributed by atoms with Crippen LogP contribution in [0.3, 0.4) is 0 Å². The van der Waals surface area contributed by atoms with Crippen molar-refractivity contribution in [1.82, 2.24) is 9.55 Å². The molecule has 1 aromatic heterocycles. The minimum absolute atomic E-state index is 0.525. The first-order chi connectivity index (χ1) is 14.0. The lowest BCUT2D eigenvalue weighted by Gasteiger charge is -2.10. The summed E-state index contributed by atoms with van der Waals surface area (Å²) >= 11 is 12.6. The molecule has 0 unspecified atom stereocenters. The molecule has 0 bridgehead atoms. The Morgan fingerprint density at radius 1 is 0.862 bits per heavy atom. The molecule has 2 nitrogen and oxygen atoms in total. The fraction of sp³-hybridized carbons (Fsp3) is 0.160. The van der Waals surface area contributed by atoms with E-state index in [-0.39, 0.29) is 0 Å². The average molecular weight is 421 g/mol. The lowest BCUT2D eigenvalue weighted by Crippen LogP contribution is -2.02. The van der Waals surface area contributed by atoms with Gasteiger partial charge in [-0.2, -0.15) is 0 Å². The summed E-state index contributed by atoms with van der Waals surface area (Å²) in [6.07, 6.45) is 3.92. The Morgan fingerprint density at radius 3 is 2.24 bits per heavy atom. The van der Waals surface area contributed by atoms with Gasteiger partial charge in [0.05, 0.1) is 11.0 Å². The summed E-state index contributed by atoms with van der Waals surface area (Å²) in [4.78, 5) is 4.82. The zero-order valence-electron chi connectivity index (χ0n) is 16.4. The molecule has 0 aliphatic heterocycles. The normalized spacial score (nSPS) is 11.8. The maximum atomic E-state index is 6.32. The van der Waals surface area contributed by atoms with Crippen LogP contribution in [0.5, 0.6) is 0 Å². The highest BCUT2D eigenvalue weighted by Gasteiger charge is 2.10. The highest BCUT2D eigenvalue weighted by atomic mass is 35.5. The van der Waals surface area contributed by atoms with Crippen LogP contribution in [0.2, 0.25) is 10.0 Å².